The first kappa shape index (κ1) is 27.6. The van der Waals surface area contributed by atoms with E-state index in [1.165, 1.54) is 54.2 Å². The van der Waals surface area contributed by atoms with Gasteiger partial charge in [-0.15, -0.1) is 0 Å². The Bertz CT molecular complexity index is 2830. The van der Waals surface area contributed by atoms with E-state index >= 15 is 0 Å². The highest BCUT2D eigenvalue weighted by atomic mass is 14.7. The number of aromatic nitrogens is 2. The third-order valence-electron chi connectivity index (χ3n) is 10.1. The summed E-state index contributed by atoms with van der Waals surface area (Å²) in [5.74, 6) is 0. The van der Waals surface area contributed by atoms with Crippen LogP contribution in [-0.2, 0) is 0 Å². The van der Waals surface area contributed by atoms with Crippen LogP contribution in [0, 0.1) is 0 Å². The average molecular weight is 623 g/mol. The minimum Gasteiger partial charge on any atom is -0.354 e. The van der Waals surface area contributed by atoms with E-state index in [0.29, 0.717) is 0 Å². The number of benzene rings is 8. The molecule has 10 aromatic rings. The zero-order valence-corrected chi connectivity index (χ0v) is 26.7. The van der Waals surface area contributed by atoms with E-state index in [0.717, 1.165) is 44.5 Å². The third-order valence-corrected chi connectivity index (χ3v) is 10.1. The number of rotatable bonds is 4. The van der Waals surface area contributed by atoms with Crippen LogP contribution in [0.25, 0.3) is 98.8 Å². The Kier molecular flexibility index (Phi) is 6.22. The van der Waals surface area contributed by atoms with E-state index in [-0.39, 0.29) is 0 Å². The second-order valence-corrected chi connectivity index (χ2v) is 12.7. The molecule has 0 aliphatic heterocycles. The highest BCUT2D eigenvalue weighted by Crippen LogP contribution is 2.46. The molecule has 0 unspecified atom stereocenters. The van der Waals surface area contributed by atoms with Gasteiger partial charge in [0.25, 0.3) is 0 Å². The van der Waals surface area contributed by atoms with E-state index in [1.54, 1.807) is 0 Å². The molecule has 2 aromatic heterocycles. The molecule has 1 N–H and O–H groups in total. The van der Waals surface area contributed by atoms with Crippen LogP contribution in [0.3, 0.4) is 0 Å². The standard InChI is InChI=1S/C47H30N2/c1-2-14-30(15-3-1)44-39(42-26-13-25-41-35-20-10-11-27-43(35)49-46(41)42)28-29-48-47(44)40-22-9-7-19-34(40)38-24-12-23-37-33-17-5-4-16-31(33)32-18-6-8-21-36(32)45(37)38/h1-29,49H. The van der Waals surface area contributed by atoms with Crippen LogP contribution in [0.4, 0.5) is 0 Å². The molecule has 0 bridgehead atoms. The van der Waals surface area contributed by atoms with Gasteiger partial charge in [0.05, 0.1) is 11.2 Å². The van der Waals surface area contributed by atoms with Crippen molar-refractivity contribution in [2.75, 3.05) is 0 Å². The van der Waals surface area contributed by atoms with Gasteiger partial charge in [-0.25, -0.2) is 0 Å². The fourth-order valence-electron chi connectivity index (χ4n) is 7.99. The molecule has 0 amide bonds. The Balaban J connectivity index is 1.29. The van der Waals surface area contributed by atoms with Gasteiger partial charge in [0.15, 0.2) is 0 Å². The van der Waals surface area contributed by atoms with E-state index in [1.807, 2.05) is 6.20 Å². The zero-order chi connectivity index (χ0) is 32.3. The average Bonchev–Trinajstić information content (AvgIpc) is 3.57. The molecule has 0 saturated carbocycles. The SMILES string of the molecule is c1ccc(-c2c(-c3cccc4c3[nH]c3ccccc34)ccnc2-c2ccccc2-c2cccc3c4ccccc4c4ccccc4c23)cc1. The predicted octanol–water partition coefficient (Wildman–Crippen LogP) is 12.8. The number of H-pyrrole nitrogens is 1. The molecule has 2 heteroatoms. The van der Waals surface area contributed by atoms with Crippen LogP contribution in [-0.4, -0.2) is 9.97 Å². The van der Waals surface area contributed by atoms with Crippen LogP contribution in [0.1, 0.15) is 0 Å². The first-order chi connectivity index (χ1) is 24.3. The maximum Gasteiger partial charge on any atom is 0.0792 e. The molecular formula is C47H30N2. The van der Waals surface area contributed by atoms with E-state index in [9.17, 15) is 0 Å². The summed E-state index contributed by atoms with van der Waals surface area (Å²) in [5, 5.41) is 10.1. The monoisotopic (exact) mass is 622 g/mol. The lowest BCUT2D eigenvalue weighted by Gasteiger charge is -2.19. The Morgan fingerprint density at radius 3 is 1.63 bits per heavy atom. The second kappa shape index (κ2) is 11.0. The quantitative estimate of drug-likeness (QED) is 0.194. The number of hydrogen-bond donors (Lipinski definition) is 1. The molecule has 0 atom stereocenters. The van der Waals surface area contributed by atoms with Crippen molar-refractivity contribution in [1.82, 2.24) is 9.97 Å². The maximum absolute atomic E-state index is 5.20. The van der Waals surface area contributed by atoms with Crippen molar-refractivity contribution < 1.29 is 0 Å². The molecule has 0 fully saturated rings. The summed E-state index contributed by atoms with van der Waals surface area (Å²) in [5.41, 5.74) is 11.3. The third kappa shape index (κ3) is 4.24. The minimum absolute atomic E-state index is 0.967. The van der Waals surface area contributed by atoms with E-state index in [4.69, 9.17) is 4.98 Å². The van der Waals surface area contributed by atoms with Crippen molar-refractivity contribution in [3.05, 3.63) is 176 Å². The molecule has 228 valence electrons. The van der Waals surface area contributed by atoms with Crippen LogP contribution in [0.2, 0.25) is 0 Å². The van der Waals surface area contributed by atoms with Gasteiger partial charge in [0.2, 0.25) is 0 Å². The van der Waals surface area contributed by atoms with Gasteiger partial charge in [-0.05, 0) is 66.7 Å². The summed E-state index contributed by atoms with van der Waals surface area (Å²) >= 11 is 0. The van der Waals surface area contributed by atoms with E-state index in [2.05, 4.69) is 175 Å². The van der Waals surface area contributed by atoms with Crippen molar-refractivity contribution in [2.24, 2.45) is 0 Å². The lowest BCUT2D eigenvalue weighted by Crippen LogP contribution is -1.96. The molecule has 0 aliphatic carbocycles. The van der Waals surface area contributed by atoms with Gasteiger partial charge in [-0.1, -0.05) is 158 Å². The fourth-order valence-corrected chi connectivity index (χ4v) is 7.99. The Hall–Kier alpha value is -6.51. The Labute approximate surface area is 283 Å². The number of nitrogens with zero attached hydrogens (tertiary/aromatic N) is 1. The molecular weight excluding hydrogens is 593 g/mol. The van der Waals surface area contributed by atoms with Gasteiger partial charge >= 0.3 is 0 Å². The van der Waals surface area contributed by atoms with Crippen molar-refractivity contribution in [2.45, 2.75) is 0 Å². The summed E-state index contributed by atoms with van der Waals surface area (Å²) in [6, 6.07) is 61.2. The smallest absolute Gasteiger partial charge is 0.0792 e. The molecule has 49 heavy (non-hydrogen) atoms. The summed E-state index contributed by atoms with van der Waals surface area (Å²) in [4.78, 5) is 8.95. The second-order valence-electron chi connectivity index (χ2n) is 12.7. The summed E-state index contributed by atoms with van der Waals surface area (Å²) < 4.78 is 0. The number of aromatic amines is 1. The first-order valence-electron chi connectivity index (χ1n) is 16.8. The van der Waals surface area contributed by atoms with Crippen LogP contribution in [0.15, 0.2) is 176 Å². The number of nitrogens with one attached hydrogen (secondary N) is 1. The largest absolute Gasteiger partial charge is 0.354 e. The van der Waals surface area contributed by atoms with Crippen molar-refractivity contribution >= 4 is 54.1 Å². The fraction of sp³-hybridized carbons (Fsp3) is 0. The van der Waals surface area contributed by atoms with E-state index < -0.39 is 0 Å². The number of pyridine rings is 1. The Morgan fingerprint density at radius 1 is 0.347 bits per heavy atom. The molecule has 10 rings (SSSR count). The van der Waals surface area contributed by atoms with Gasteiger partial charge in [-0.2, -0.15) is 0 Å². The number of fused-ring (bicyclic) bond motifs is 9. The highest BCUT2D eigenvalue weighted by Gasteiger charge is 2.21. The lowest BCUT2D eigenvalue weighted by atomic mass is 9.85. The maximum atomic E-state index is 5.20. The van der Waals surface area contributed by atoms with Crippen molar-refractivity contribution in [3.63, 3.8) is 0 Å². The topological polar surface area (TPSA) is 28.7 Å². The van der Waals surface area contributed by atoms with Crippen LogP contribution < -0.4 is 0 Å². The van der Waals surface area contributed by atoms with Crippen molar-refractivity contribution in [3.8, 4) is 44.6 Å². The lowest BCUT2D eigenvalue weighted by molar-refractivity contribution is 1.32. The van der Waals surface area contributed by atoms with Gasteiger partial charge in [0, 0.05) is 39.2 Å². The molecule has 0 saturated heterocycles. The summed E-state index contributed by atoms with van der Waals surface area (Å²) in [7, 11) is 0. The number of para-hydroxylation sites is 2. The summed E-state index contributed by atoms with van der Waals surface area (Å²) in [6.45, 7) is 0. The van der Waals surface area contributed by atoms with Gasteiger partial charge in [-0.3, -0.25) is 4.98 Å². The minimum atomic E-state index is 0.967. The predicted molar refractivity (Wildman–Crippen MR) is 208 cm³/mol. The van der Waals surface area contributed by atoms with Crippen molar-refractivity contribution in [1.29, 1.82) is 0 Å². The molecule has 0 spiro atoms. The normalized spacial score (nSPS) is 11.7. The van der Waals surface area contributed by atoms with Gasteiger partial charge < -0.3 is 4.98 Å². The number of hydrogen-bond acceptors (Lipinski definition) is 1. The van der Waals surface area contributed by atoms with Gasteiger partial charge in [0.1, 0.15) is 0 Å². The zero-order valence-electron chi connectivity index (χ0n) is 26.7. The first-order valence-corrected chi connectivity index (χ1v) is 16.8. The van der Waals surface area contributed by atoms with Crippen LogP contribution in [0.5, 0.6) is 0 Å². The molecule has 0 radical (unpaired) electrons. The molecule has 2 nitrogen and oxygen atoms in total. The van der Waals surface area contributed by atoms with Crippen LogP contribution >= 0.6 is 0 Å². The summed E-state index contributed by atoms with van der Waals surface area (Å²) in [6.07, 6.45) is 1.97. The molecule has 0 aliphatic rings. The molecule has 2 heterocycles. The Morgan fingerprint density at radius 2 is 0.878 bits per heavy atom. The highest BCUT2D eigenvalue weighted by molar-refractivity contribution is 6.28. The molecule has 8 aromatic carbocycles.